The van der Waals surface area contributed by atoms with Crippen molar-refractivity contribution in [3.8, 4) is 0 Å². The molecular formula is C16H27N3O4. The highest BCUT2D eigenvalue weighted by atomic mass is 16.6. The molecule has 130 valence electrons. The highest BCUT2D eigenvalue weighted by Crippen LogP contribution is 2.23. The number of nitrogens with zero attached hydrogens (tertiary/aromatic N) is 2. The molecule has 1 rings (SSSR count). The molecule has 7 heteroatoms. The van der Waals surface area contributed by atoms with Crippen LogP contribution in [0.15, 0.2) is 24.3 Å². The van der Waals surface area contributed by atoms with Gasteiger partial charge in [-0.05, 0) is 25.5 Å². The van der Waals surface area contributed by atoms with E-state index in [0.29, 0.717) is 25.3 Å². The van der Waals surface area contributed by atoms with E-state index in [0.717, 1.165) is 32.2 Å². The van der Waals surface area contributed by atoms with Crippen LogP contribution in [0.25, 0.3) is 0 Å². The number of aliphatic hydroxyl groups excluding tert-OH is 2. The Morgan fingerprint density at radius 2 is 1.65 bits per heavy atom. The molecule has 1 aromatic carbocycles. The fourth-order valence-corrected chi connectivity index (χ4v) is 2.44. The summed E-state index contributed by atoms with van der Waals surface area (Å²) in [7, 11) is 0. The van der Waals surface area contributed by atoms with Crippen LogP contribution in [-0.4, -0.2) is 59.4 Å². The maximum absolute atomic E-state index is 10.9. The van der Waals surface area contributed by atoms with Crippen LogP contribution in [0.3, 0.4) is 0 Å². The molecule has 0 atom stereocenters. The Hall–Kier alpha value is -1.70. The van der Waals surface area contributed by atoms with Gasteiger partial charge in [0.15, 0.2) is 0 Å². The van der Waals surface area contributed by atoms with Crippen LogP contribution >= 0.6 is 0 Å². The standard InChI is InChI=1S/C16H27N3O4/c20-13-11-18(12-14-21)10-6-2-1-5-9-17-15-7-3-4-8-16(15)19(22)23/h3-4,7-8,17,20-21H,1-2,5-6,9-14H2. The monoisotopic (exact) mass is 325 g/mol. The lowest BCUT2D eigenvalue weighted by Crippen LogP contribution is -2.30. The summed E-state index contributed by atoms with van der Waals surface area (Å²) in [4.78, 5) is 12.6. The number of para-hydroxylation sites is 2. The first-order valence-electron chi connectivity index (χ1n) is 8.10. The number of rotatable bonds is 13. The molecule has 0 bridgehead atoms. The Bertz CT molecular complexity index is 451. The van der Waals surface area contributed by atoms with E-state index >= 15 is 0 Å². The van der Waals surface area contributed by atoms with Crippen LogP contribution in [0.5, 0.6) is 0 Å². The fraction of sp³-hybridized carbons (Fsp3) is 0.625. The number of benzene rings is 1. The van der Waals surface area contributed by atoms with Gasteiger partial charge in [-0.2, -0.15) is 0 Å². The maximum atomic E-state index is 10.9. The van der Waals surface area contributed by atoms with E-state index in [1.165, 1.54) is 6.07 Å². The van der Waals surface area contributed by atoms with Gasteiger partial charge in [0.1, 0.15) is 5.69 Å². The molecular weight excluding hydrogens is 298 g/mol. The Labute approximate surface area is 137 Å². The molecule has 0 spiro atoms. The van der Waals surface area contributed by atoms with Gasteiger partial charge in [0.2, 0.25) is 0 Å². The van der Waals surface area contributed by atoms with E-state index in [9.17, 15) is 10.1 Å². The van der Waals surface area contributed by atoms with E-state index in [-0.39, 0.29) is 23.8 Å². The van der Waals surface area contributed by atoms with Crippen molar-refractivity contribution in [2.24, 2.45) is 0 Å². The molecule has 0 aromatic heterocycles. The largest absolute Gasteiger partial charge is 0.395 e. The minimum atomic E-state index is -0.376. The quantitative estimate of drug-likeness (QED) is 0.291. The molecule has 0 saturated carbocycles. The van der Waals surface area contributed by atoms with Crippen molar-refractivity contribution in [1.29, 1.82) is 0 Å². The van der Waals surface area contributed by atoms with Gasteiger partial charge in [-0.15, -0.1) is 0 Å². The second kappa shape index (κ2) is 11.8. The third kappa shape index (κ3) is 7.92. The van der Waals surface area contributed by atoms with Gasteiger partial charge < -0.3 is 15.5 Å². The topological polar surface area (TPSA) is 98.9 Å². The lowest BCUT2D eigenvalue weighted by atomic mass is 10.2. The summed E-state index contributed by atoms with van der Waals surface area (Å²) in [5.41, 5.74) is 0.672. The summed E-state index contributed by atoms with van der Waals surface area (Å²) < 4.78 is 0. The number of unbranched alkanes of at least 4 members (excludes halogenated alkanes) is 3. The van der Waals surface area contributed by atoms with Crippen molar-refractivity contribution < 1.29 is 15.1 Å². The van der Waals surface area contributed by atoms with Crippen LogP contribution in [0.2, 0.25) is 0 Å². The van der Waals surface area contributed by atoms with Crippen LogP contribution in [0.4, 0.5) is 11.4 Å². The number of anilines is 1. The molecule has 0 radical (unpaired) electrons. The van der Waals surface area contributed by atoms with Crippen LogP contribution in [-0.2, 0) is 0 Å². The summed E-state index contributed by atoms with van der Waals surface area (Å²) in [6, 6.07) is 6.67. The smallest absolute Gasteiger partial charge is 0.292 e. The van der Waals surface area contributed by atoms with Gasteiger partial charge in [0, 0.05) is 25.7 Å². The second-order valence-electron chi connectivity index (χ2n) is 5.40. The maximum Gasteiger partial charge on any atom is 0.292 e. The highest BCUT2D eigenvalue weighted by molar-refractivity contribution is 5.60. The first-order valence-corrected chi connectivity index (χ1v) is 8.10. The van der Waals surface area contributed by atoms with Gasteiger partial charge in [-0.1, -0.05) is 25.0 Å². The molecule has 0 fully saturated rings. The van der Waals surface area contributed by atoms with Crippen molar-refractivity contribution in [3.05, 3.63) is 34.4 Å². The number of nitro groups is 1. The van der Waals surface area contributed by atoms with Crippen molar-refractivity contribution in [2.75, 3.05) is 44.7 Å². The molecule has 7 nitrogen and oxygen atoms in total. The van der Waals surface area contributed by atoms with Gasteiger partial charge in [-0.25, -0.2) is 0 Å². The molecule has 0 unspecified atom stereocenters. The molecule has 0 aliphatic rings. The van der Waals surface area contributed by atoms with Gasteiger partial charge in [0.25, 0.3) is 5.69 Å². The minimum absolute atomic E-state index is 0.108. The third-order valence-electron chi connectivity index (χ3n) is 3.65. The Kier molecular flexibility index (Phi) is 9.94. The van der Waals surface area contributed by atoms with Crippen molar-refractivity contribution in [1.82, 2.24) is 4.90 Å². The molecule has 0 aliphatic heterocycles. The molecule has 0 saturated heterocycles. The molecule has 0 amide bonds. The van der Waals surface area contributed by atoms with E-state index in [1.54, 1.807) is 18.2 Å². The SMILES string of the molecule is O=[N+]([O-])c1ccccc1NCCCCCCN(CCO)CCO. The average Bonchev–Trinajstić information content (AvgIpc) is 2.54. The van der Waals surface area contributed by atoms with E-state index in [2.05, 4.69) is 5.32 Å². The Morgan fingerprint density at radius 3 is 2.30 bits per heavy atom. The van der Waals surface area contributed by atoms with E-state index < -0.39 is 0 Å². The zero-order valence-corrected chi connectivity index (χ0v) is 13.5. The molecule has 3 N–H and O–H groups in total. The zero-order valence-electron chi connectivity index (χ0n) is 13.5. The summed E-state index contributed by atoms with van der Waals surface area (Å²) in [6.45, 7) is 3.00. The lowest BCUT2D eigenvalue weighted by Gasteiger charge is -2.19. The van der Waals surface area contributed by atoms with Crippen molar-refractivity contribution >= 4 is 11.4 Å². The number of hydrogen-bond donors (Lipinski definition) is 3. The number of hydrogen-bond acceptors (Lipinski definition) is 6. The van der Waals surface area contributed by atoms with E-state index in [4.69, 9.17) is 10.2 Å². The number of nitro benzene ring substituents is 1. The summed E-state index contributed by atoms with van der Waals surface area (Å²) >= 11 is 0. The number of nitrogens with one attached hydrogen (secondary N) is 1. The summed E-state index contributed by atoms with van der Waals surface area (Å²) in [5.74, 6) is 0. The molecule has 1 aromatic rings. The predicted octanol–water partition coefficient (Wildman–Crippen LogP) is 1.85. The fourth-order valence-electron chi connectivity index (χ4n) is 2.44. The molecule has 0 aliphatic carbocycles. The van der Waals surface area contributed by atoms with Gasteiger partial charge in [-0.3, -0.25) is 15.0 Å². The average molecular weight is 325 g/mol. The van der Waals surface area contributed by atoms with Gasteiger partial charge in [0.05, 0.1) is 18.1 Å². The third-order valence-corrected chi connectivity index (χ3v) is 3.65. The normalized spacial score (nSPS) is 10.9. The summed E-state index contributed by atoms with van der Waals surface area (Å²) in [5, 5.41) is 31.9. The number of aliphatic hydroxyl groups is 2. The zero-order chi connectivity index (χ0) is 16.9. The second-order valence-corrected chi connectivity index (χ2v) is 5.40. The summed E-state index contributed by atoms with van der Waals surface area (Å²) in [6.07, 6.45) is 4.07. The minimum Gasteiger partial charge on any atom is -0.395 e. The Balaban J connectivity index is 2.15. The van der Waals surface area contributed by atoms with Crippen LogP contribution < -0.4 is 5.32 Å². The van der Waals surface area contributed by atoms with Crippen LogP contribution in [0, 0.1) is 10.1 Å². The Morgan fingerprint density at radius 1 is 1.00 bits per heavy atom. The lowest BCUT2D eigenvalue weighted by molar-refractivity contribution is -0.384. The first kappa shape index (κ1) is 19.3. The van der Waals surface area contributed by atoms with Crippen molar-refractivity contribution in [2.45, 2.75) is 25.7 Å². The molecule has 0 heterocycles. The van der Waals surface area contributed by atoms with Crippen molar-refractivity contribution in [3.63, 3.8) is 0 Å². The van der Waals surface area contributed by atoms with E-state index in [1.807, 2.05) is 4.90 Å². The first-order chi connectivity index (χ1) is 11.2. The predicted molar refractivity (Wildman–Crippen MR) is 90.7 cm³/mol. The highest BCUT2D eigenvalue weighted by Gasteiger charge is 2.11. The van der Waals surface area contributed by atoms with Gasteiger partial charge >= 0.3 is 0 Å². The molecule has 23 heavy (non-hydrogen) atoms. The van der Waals surface area contributed by atoms with Crippen LogP contribution in [0.1, 0.15) is 25.7 Å².